The summed E-state index contributed by atoms with van der Waals surface area (Å²) < 4.78 is 0. The normalized spacial score (nSPS) is 18.0. The van der Waals surface area contributed by atoms with E-state index in [4.69, 9.17) is 5.26 Å². The number of nitriles is 1. The van der Waals surface area contributed by atoms with Gasteiger partial charge in [0, 0.05) is 25.2 Å². The lowest BCUT2D eigenvalue weighted by molar-refractivity contribution is 0.0690. The van der Waals surface area contributed by atoms with Gasteiger partial charge in [-0.3, -0.25) is 9.69 Å². The highest BCUT2D eigenvalue weighted by molar-refractivity contribution is 5.94. The van der Waals surface area contributed by atoms with Crippen LogP contribution in [0.2, 0.25) is 0 Å². The molecule has 0 aromatic heterocycles. The summed E-state index contributed by atoms with van der Waals surface area (Å²) in [5.41, 5.74) is 3.98. The molecule has 4 heteroatoms. The maximum absolute atomic E-state index is 12.7. The first kappa shape index (κ1) is 19.7. The molecule has 1 amide bonds. The van der Waals surface area contributed by atoms with Crippen molar-refractivity contribution in [3.63, 3.8) is 0 Å². The largest absolute Gasteiger partial charge is 0.339 e. The molecule has 4 rings (SSSR count). The standard InChI is InChI=1S/C25H29N3O/c26-18-23-4-3-5-24(17-23)25(29)28-14-10-21(11-15-28)16-20-6-8-22(9-7-20)19-27-12-1-2-13-27/h3-9,17,21H,1-2,10-16,19H2. The first-order chi connectivity index (χ1) is 14.2. The van der Waals surface area contributed by atoms with E-state index in [1.807, 2.05) is 4.90 Å². The van der Waals surface area contributed by atoms with Crippen LogP contribution in [-0.4, -0.2) is 41.9 Å². The van der Waals surface area contributed by atoms with Crippen LogP contribution in [0.3, 0.4) is 0 Å². The fourth-order valence-corrected chi connectivity index (χ4v) is 4.56. The Hall–Kier alpha value is -2.64. The second-order valence-corrected chi connectivity index (χ2v) is 8.43. The van der Waals surface area contributed by atoms with Crippen LogP contribution in [0.4, 0.5) is 0 Å². The number of piperidine rings is 1. The van der Waals surface area contributed by atoms with Crippen LogP contribution in [0.15, 0.2) is 48.5 Å². The third-order valence-electron chi connectivity index (χ3n) is 6.29. The van der Waals surface area contributed by atoms with E-state index < -0.39 is 0 Å². The molecule has 2 aliphatic heterocycles. The molecular weight excluding hydrogens is 358 g/mol. The summed E-state index contributed by atoms with van der Waals surface area (Å²) >= 11 is 0. The van der Waals surface area contributed by atoms with Gasteiger partial charge in [-0.05, 0) is 80.4 Å². The van der Waals surface area contributed by atoms with Crippen LogP contribution in [-0.2, 0) is 13.0 Å². The fourth-order valence-electron chi connectivity index (χ4n) is 4.56. The summed E-state index contributed by atoms with van der Waals surface area (Å²) in [5.74, 6) is 0.681. The summed E-state index contributed by atoms with van der Waals surface area (Å²) in [5, 5.41) is 9.04. The number of rotatable bonds is 5. The van der Waals surface area contributed by atoms with E-state index in [1.165, 1.54) is 37.1 Å². The number of amides is 1. The van der Waals surface area contributed by atoms with Crippen molar-refractivity contribution < 1.29 is 4.79 Å². The molecule has 0 N–H and O–H groups in total. The SMILES string of the molecule is N#Cc1cccc(C(=O)N2CCC(Cc3ccc(CN4CCCC4)cc3)CC2)c1. The fraction of sp³-hybridized carbons (Fsp3) is 0.440. The molecule has 0 bridgehead atoms. The molecule has 0 unspecified atom stereocenters. The monoisotopic (exact) mass is 387 g/mol. The van der Waals surface area contributed by atoms with Gasteiger partial charge in [0.2, 0.25) is 0 Å². The average molecular weight is 388 g/mol. The highest BCUT2D eigenvalue weighted by atomic mass is 16.2. The number of nitrogens with zero attached hydrogens (tertiary/aromatic N) is 3. The first-order valence-corrected chi connectivity index (χ1v) is 10.8. The van der Waals surface area contributed by atoms with Crippen LogP contribution in [0.25, 0.3) is 0 Å². The second kappa shape index (κ2) is 9.24. The second-order valence-electron chi connectivity index (χ2n) is 8.43. The molecule has 0 atom stereocenters. The van der Waals surface area contributed by atoms with Gasteiger partial charge >= 0.3 is 0 Å². The van der Waals surface area contributed by atoms with Gasteiger partial charge in [0.15, 0.2) is 0 Å². The Labute approximate surface area is 173 Å². The van der Waals surface area contributed by atoms with Gasteiger partial charge in [-0.15, -0.1) is 0 Å². The lowest BCUT2D eigenvalue weighted by Gasteiger charge is -2.32. The summed E-state index contributed by atoms with van der Waals surface area (Å²) in [6.07, 6.45) is 5.85. The minimum Gasteiger partial charge on any atom is -0.339 e. The van der Waals surface area contributed by atoms with E-state index in [0.717, 1.165) is 38.9 Å². The summed E-state index contributed by atoms with van der Waals surface area (Å²) in [6.45, 7) is 5.15. The van der Waals surface area contributed by atoms with Crippen molar-refractivity contribution in [2.45, 2.75) is 38.6 Å². The molecule has 29 heavy (non-hydrogen) atoms. The van der Waals surface area contributed by atoms with Crippen LogP contribution in [0.1, 0.15) is 52.7 Å². The number of hydrogen-bond donors (Lipinski definition) is 0. The van der Waals surface area contributed by atoms with Gasteiger partial charge in [-0.2, -0.15) is 5.26 Å². The molecular formula is C25H29N3O. The Morgan fingerprint density at radius 3 is 2.34 bits per heavy atom. The Balaban J connectivity index is 1.27. The minimum atomic E-state index is 0.0480. The number of likely N-dealkylation sites (tertiary alicyclic amines) is 2. The molecule has 2 aliphatic rings. The minimum absolute atomic E-state index is 0.0480. The topological polar surface area (TPSA) is 47.3 Å². The Morgan fingerprint density at radius 1 is 0.966 bits per heavy atom. The van der Waals surface area contributed by atoms with Crippen molar-refractivity contribution in [3.8, 4) is 6.07 Å². The third kappa shape index (κ3) is 5.05. The van der Waals surface area contributed by atoms with Gasteiger partial charge in [0.05, 0.1) is 11.6 Å². The van der Waals surface area contributed by atoms with Crippen molar-refractivity contribution >= 4 is 5.91 Å². The lowest BCUT2D eigenvalue weighted by atomic mass is 9.89. The molecule has 2 aromatic carbocycles. The number of benzene rings is 2. The zero-order valence-corrected chi connectivity index (χ0v) is 17.0. The van der Waals surface area contributed by atoms with Crippen molar-refractivity contribution in [2.24, 2.45) is 5.92 Å². The van der Waals surface area contributed by atoms with Gasteiger partial charge in [0.1, 0.15) is 0 Å². The Morgan fingerprint density at radius 2 is 1.66 bits per heavy atom. The maximum Gasteiger partial charge on any atom is 0.253 e. The first-order valence-electron chi connectivity index (χ1n) is 10.8. The molecule has 2 heterocycles. The van der Waals surface area contributed by atoms with Crippen LogP contribution < -0.4 is 0 Å². The molecule has 2 aromatic rings. The average Bonchev–Trinajstić information content (AvgIpc) is 3.28. The van der Waals surface area contributed by atoms with Gasteiger partial charge < -0.3 is 4.90 Å². The highest BCUT2D eigenvalue weighted by Gasteiger charge is 2.24. The molecule has 0 aliphatic carbocycles. The molecule has 150 valence electrons. The van der Waals surface area contributed by atoms with Crippen molar-refractivity contribution in [3.05, 3.63) is 70.8 Å². The van der Waals surface area contributed by atoms with Gasteiger partial charge in [0.25, 0.3) is 5.91 Å². The van der Waals surface area contributed by atoms with Gasteiger partial charge in [-0.25, -0.2) is 0 Å². The molecule has 4 nitrogen and oxygen atoms in total. The third-order valence-corrected chi connectivity index (χ3v) is 6.29. The van der Waals surface area contributed by atoms with Gasteiger partial charge in [-0.1, -0.05) is 30.3 Å². The highest BCUT2D eigenvalue weighted by Crippen LogP contribution is 2.24. The predicted molar refractivity (Wildman–Crippen MR) is 114 cm³/mol. The Kier molecular flexibility index (Phi) is 6.27. The smallest absolute Gasteiger partial charge is 0.253 e. The van der Waals surface area contributed by atoms with Crippen LogP contribution in [0.5, 0.6) is 0 Å². The molecule has 0 radical (unpaired) electrons. The zero-order chi connectivity index (χ0) is 20.1. The maximum atomic E-state index is 12.7. The van der Waals surface area contributed by atoms with E-state index >= 15 is 0 Å². The Bertz CT molecular complexity index is 870. The summed E-state index contributed by atoms with van der Waals surface area (Å²) in [4.78, 5) is 17.2. The molecule has 0 spiro atoms. The van der Waals surface area contributed by atoms with Crippen molar-refractivity contribution in [2.75, 3.05) is 26.2 Å². The predicted octanol–water partition coefficient (Wildman–Crippen LogP) is 4.25. The van der Waals surface area contributed by atoms with E-state index in [-0.39, 0.29) is 5.91 Å². The molecule has 2 saturated heterocycles. The van der Waals surface area contributed by atoms with Crippen molar-refractivity contribution in [1.29, 1.82) is 5.26 Å². The van der Waals surface area contributed by atoms with Crippen molar-refractivity contribution in [1.82, 2.24) is 9.80 Å². The van der Waals surface area contributed by atoms with E-state index in [2.05, 4.69) is 35.2 Å². The number of carbonyl (C=O) groups is 1. The van der Waals surface area contributed by atoms with E-state index in [1.54, 1.807) is 24.3 Å². The summed E-state index contributed by atoms with van der Waals surface area (Å²) in [6, 6.07) is 18.3. The van der Waals surface area contributed by atoms with E-state index in [0.29, 0.717) is 17.0 Å². The zero-order valence-electron chi connectivity index (χ0n) is 17.0. The molecule has 2 fully saturated rings. The quantitative estimate of drug-likeness (QED) is 0.771. The molecule has 0 saturated carbocycles. The number of hydrogen-bond acceptors (Lipinski definition) is 3. The number of carbonyl (C=O) groups excluding carboxylic acids is 1. The lowest BCUT2D eigenvalue weighted by Crippen LogP contribution is -2.38. The van der Waals surface area contributed by atoms with Crippen LogP contribution >= 0.6 is 0 Å². The van der Waals surface area contributed by atoms with E-state index in [9.17, 15) is 4.79 Å². The van der Waals surface area contributed by atoms with Crippen LogP contribution in [0, 0.1) is 17.2 Å². The summed E-state index contributed by atoms with van der Waals surface area (Å²) in [7, 11) is 0.